The molecule has 0 unspecified atom stereocenters. The lowest BCUT2D eigenvalue weighted by molar-refractivity contribution is 0.317. The highest BCUT2D eigenvalue weighted by molar-refractivity contribution is 6.86. The molecule has 6 aromatic rings. The summed E-state index contributed by atoms with van der Waals surface area (Å²) in [7, 11) is -0.838. The molecule has 7 rings (SSSR count). The fraction of sp³-hybridized carbons (Fsp3) is 0.175. The van der Waals surface area contributed by atoms with Crippen LogP contribution in [0.25, 0.3) is 0 Å². The van der Waals surface area contributed by atoms with Crippen LogP contribution in [0.3, 0.4) is 0 Å². The number of hydrogen-bond donors (Lipinski definition) is 0. The molecule has 0 saturated heterocycles. The molecule has 1 aliphatic rings. The summed E-state index contributed by atoms with van der Waals surface area (Å²) in [6.45, 7) is 3.49. The van der Waals surface area contributed by atoms with Gasteiger partial charge in [0.05, 0.1) is 27.6 Å². The Morgan fingerprint density at radius 2 is 1.22 bits per heavy atom. The van der Waals surface area contributed by atoms with Crippen LogP contribution in [0, 0.1) is 0 Å². The lowest BCUT2D eigenvalue weighted by Crippen LogP contribution is -2.46. The molecular weight excluding hydrogens is 563 g/mol. The molecular formula is C40H41BN2OSi. The van der Waals surface area contributed by atoms with Crippen LogP contribution in [0.15, 0.2) is 164 Å². The van der Waals surface area contributed by atoms with E-state index in [0.717, 1.165) is 24.6 Å². The summed E-state index contributed by atoms with van der Waals surface area (Å²) in [4.78, 5) is 4.39. The van der Waals surface area contributed by atoms with Gasteiger partial charge in [0, 0.05) is 12.4 Å². The van der Waals surface area contributed by atoms with Gasteiger partial charge in [-0.2, -0.15) is 0 Å². The lowest BCUT2D eigenvalue weighted by atomic mass is 9.37. The summed E-state index contributed by atoms with van der Waals surface area (Å²) in [5.41, 5.74) is 5.52. The molecule has 5 aromatic carbocycles. The van der Waals surface area contributed by atoms with Gasteiger partial charge in [0.15, 0.2) is 0 Å². The molecule has 0 spiro atoms. The molecule has 1 heterocycles. The molecule has 1 saturated carbocycles. The predicted molar refractivity (Wildman–Crippen MR) is 193 cm³/mol. The minimum atomic E-state index is -0.838. The van der Waals surface area contributed by atoms with E-state index in [4.69, 9.17) is 4.74 Å². The Balaban J connectivity index is 0.000000187. The summed E-state index contributed by atoms with van der Waals surface area (Å²) in [5.74, 6) is 1.81. The molecule has 0 atom stereocenters. The number of nitrogens with zero attached hydrogens (tertiary/aromatic N) is 2. The Kier molecular flexibility index (Phi) is 10.1. The largest absolute Gasteiger partial charge is 0.494 e. The van der Waals surface area contributed by atoms with E-state index >= 15 is 0 Å². The highest BCUT2D eigenvalue weighted by atomic mass is 28.2. The molecule has 0 radical (unpaired) electrons. The predicted octanol–water partition coefficient (Wildman–Crippen LogP) is 6.38. The number of ether oxygens (including phenoxy) is 1. The van der Waals surface area contributed by atoms with Crippen molar-refractivity contribution < 1.29 is 4.74 Å². The van der Waals surface area contributed by atoms with Crippen LogP contribution in [-0.4, -0.2) is 32.4 Å². The third-order valence-corrected chi connectivity index (χ3v) is 11.3. The van der Waals surface area contributed by atoms with Gasteiger partial charge in [-0.25, -0.2) is 4.98 Å². The van der Waals surface area contributed by atoms with Crippen LogP contribution in [0.1, 0.15) is 37.3 Å². The Morgan fingerprint density at radius 1 is 0.711 bits per heavy atom. The van der Waals surface area contributed by atoms with Gasteiger partial charge in [-0.05, 0) is 29.7 Å². The molecule has 3 nitrogen and oxygen atoms in total. The van der Waals surface area contributed by atoms with Crippen molar-refractivity contribution in [1.29, 1.82) is 0 Å². The van der Waals surface area contributed by atoms with Gasteiger partial charge in [-0.3, -0.25) is 0 Å². The van der Waals surface area contributed by atoms with Gasteiger partial charge in [-0.15, -0.1) is 0 Å². The smallest absolute Gasteiger partial charge is 0.212 e. The van der Waals surface area contributed by atoms with Crippen LogP contribution in [-0.2, 0) is 5.16 Å². The topological polar surface area (TPSA) is 27.1 Å². The van der Waals surface area contributed by atoms with E-state index in [1.807, 2.05) is 12.5 Å². The number of rotatable bonds is 11. The van der Waals surface area contributed by atoms with Gasteiger partial charge in [0.25, 0.3) is 0 Å². The third-order valence-electron chi connectivity index (χ3n) is 8.71. The number of aromatic nitrogens is 2. The van der Waals surface area contributed by atoms with Crippen molar-refractivity contribution in [2.75, 3.05) is 6.61 Å². The SMILES string of the molecule is CCCOc1ccc([SiH2]C(c2ccccc2)(c2ccccc2)n2ccnc2)cc1.c1ccc(B(c2ccccc2)C2CC2)cc1. The maximum absolute atomic E-state index is 5.78. The maximum atomic E-state index is 5.78. The van der Waals surface area contributed by atoms with E-state index in [1.165, 1.54) is 40.1 Å². The molecule has 45 heavy (non-hydrogen) atoms. The van der Waals surface area contributed by atoms with E-state index in [-0.39, 0.29) is 5.16 Å². The van der Waals surface area contributed by atoms with Crippen molar-refractivity contribution >= 4 is 32.3 Å². The Labute approximate surface area is 270 Å². The zero-order chi connectivity index (χ0) is 30.7. The van der Waals surface area contributed by atoms with E-state index in [9.17, 15) is 0 Å². The lowest BCUT2D eigenvalue weighted by Gasteiger charge is -2.37. The number of benzene rings is 5. The van der Waals surface area contributed by atoms with Gasteiger partial charge < -0.3 is 9.30 Å². The fourth-order valence-electron chi connectivity index (χ4n) is 6.38. The Morgan fingerprint density at radius 3 is 1.67 bits per heavy atom. The Hall–Kier alpha value is -4.61. The highest BCUT2D eigenvalue weighted by Crippen LogP contribution is 2.38. The third kappa shape index (κ3) is 7.38. The summed E-state index contributed by atoms with van der Waals surface area (Å²) < 4.78 is 8.07. The molecule has 0 N–H and O–H groups in total. The van der Waals surface area contributed by atoms with Gasteiger partial charge >= 0.3 is 0 Å². The highest BCUT2D eigenvalue weighted by Gasteiger charge is 2.37. The van der Waals surface area contributed by atoms with Crippen LogP contribution < -0.4 is 20.8 Å². The quantitative estimate of drug-likeness (QED) is 0.161. The fourth-order valence-corrected chi connectivity index (χ4v) is 8.69. The summed E-state index contributed by atoms with van der Waals surface area (Å²) >= 11 is 0. The maximum Gasteiger partial charge on any atom is 0.212 e. The van der Waals surface area contributed by atoms with Crippen LogP contribution in [0.2, 0.25) is 5.82 Å². The zero-order valence-corrected chi connectivity index (χ0v) is 27.5. The molecule has 1 aromatic heterocycles. The van der Waals surface area contributed by atoms with E-state index in [1.54, 1.807) is 0 Å². The number of imidazole rings is 1. The molecule has 1 aliphatic carbocycles. The van der Waals surface area contributed by atoms with Crippen molar-refractivity contribution in [2.24, 2.45) is 0 Å². The summed E-state index contributed by atoms with van der Waals surface area (Å²) in [6, 6.07) is 52.1. The van der Waals surface area contributed by atoms with Crippen molar-refractivity contribution in [1.82, 2.24) is 9.55 Å². The second-order valence-electron chi connectivity index (χ2n) is 11.9. The monoisotopic (exact) mass is 604 g/mol. The molecule has 0 amide bonds. The van der Waals surface area contributed by atoms with Crippen molar-refractivity contribution in [3.8, 4) is 5.75 Å². The van der Waals surface area contributed by atoms with Crippen molar-refractivity contribution in [3.05, 3.63) is 175 Å². The first-order chi connectivity index (χ1) is 22.3. The van der Waals surface area contributed by atoms with Crippen LogP contribution in [0.4, 0.5) is 0 Å². The van der Waals surface area contributed by atoms with Crippen molar-refractivity contribution in [2.45, 2.75) is 37.2 Å². The molecule has 224 valence electrons. The molecule has 0 aliphatic heterocycles. The first-order valence-corrected chi connectivity index (χ1v) is 17.6. The zero-order valence-electron chi connectivity index (χ0n) is 26.1. The van der Waals surface area contributed by atoms with Gasteiger partial charge in [0.2, 0.25) is 6.71 Å². The van der Waals surface area contributed by atoms with Gasteiger partial charge in [0.1, 0.15) is 5.75 Å². The van der Waals surface area contributed by atoms with Gasteiger partial charge in [-0.1, -0.05) is 175 Å². The normalized spacial score (nSPS) is 12.8. The first kappa shape index (κ1) is 30.4. The Bertz CT molecular complexity index is 1610. The van der Waals surface area contributed by atoms with Crippen LogP contribution >= 0.6 is 0 Å². The molecule has 0 bridgehead atoms. The average molecular weight is 605 g/mol. The molecule has 5 heteroatoms. The minimum Gasteiger partial charge on any atom is -0.494 e. The second kappa shape index (κ2) is 14.9. The van der Waals surface area contributed by atoms with E-state index in [2.05, 4.69) is 168 Å². The first-order valence-electron chi connectivity index (χ1n) is 16.2. The summed E-state index contributed by atoms with van der Waals surface area (Å²) in [5, 5.41) is 1.14. The van der Waals surface area contributed by atoms with Crippen molar-refractivity contribution in [3.63, 3.8) is 0 Å². The van der Waals surface area contributed by atoms with Crippen LogP contribution in [0.5, 0.6) is 5.75 Å². The average Bonchev–Trinajstić information content (AvgIpc) is 3.79. The van der Waals surface area contributed by atoms with E-state index < -0.39 is 9.52 Å². The minimum absolute atomic E-state index is 0.245. The standard InChI is InChI=1S/C25H26N2OSi.C15H15B/c1-2-19-28-23-13-15-24(16-14-23)29-25(27-18-17-26-20-27,21-9-5-3-6-10-21)22-11-7-4-8-12-22;1-3-7-13(8-4-1)16(15-11-12-15)14-9-5-2-6-10-14/h3-18,20H,2,19,29H2,1H3;1-10,15H,11-12H2. The second-order valence-corrected chi connectivity index (χ2v) is 14.1. The number of hydrogen-bond acceptors (Lipinski definition) is 2. The summed E-state index contributed by atoms with van der Waals surface area (Å²) in [6.07, 6.45) is 9.69. The van der Waals surface area contributed by atoms with E-state index in [0.29, 0.717) is 6.71 Å². The molecule has 1 fully saturated rings.